The quantitative estimate of drug-likeness (QED) is 0.839. The van der Waals surface area contributed by atoms with Crippen molar-refractivity contribution in [3.63, 3.8) is 0 Å². The average molecular weight is 323 g/mol. The van der Waals surface area contributed by atoms with Crippen LogP contribution in [0.15, 0.2) is 22.7 Å². The molecule has 0 atom stereocenters. The van der Waals surface area contributed by atoms with Crippen LogP contribution in [0.4, 0.5) is 0 Å². The molecule has 1 amide bonds. The maximum Gasteiger partial charge on any atom is 0.255 e. The predicted molar refractivity (Wildman–Crippen MR) is 61.9 cm³/mol. The van der Waals surface area contributed by atoms with Crippen LogP contribution < -0.4 is 5.32 Å². The first-order valence-electron chi connectivity index (χ1n) is 3.98. The Bertz CT molecular complexity index is 342. The fourth-order valence-electron chi connectivity index (χ4n) is 0.953. The molecule has 1 aromatic carbocycles. The van der Waals surface area contributed by atoms with Crippen LogP contribution >= 0.6 is 31.9 Å². The van der Waals surface area contributed by atoms with Gasteiger partial charge in [0.2, 0.25) is 0 Å². The van der Waals surface area contributed by atoms with Crippen LogP contribution in [0.2, 0.25) is 0 Å². The van der Waals surface area contributed by atoms with Gasteiger partial charge in [0.25, 0.3) is 5.91 Å². The number of phenols is 1. The van der Waals surface area contributed by atoms with Crippen LogP contribution in [-0.2, 0) is 0 Å². The van der Waals surface area contributed by atoms with Crippen molar-refractivity contribution in [3.05, 3.63) is 28.2 Å². The van der Waals surface area contributed by atoms with Crippen molar-refractivity contribution in [2.75, 3.05) is 11.9 Å². The van der Waals surface area contributed by atoms with Gasteiger partial charge >= 0.3 is 0 Å². The minimum Gasteiger partial charge on any atom is -0.507 e. The molecule has 0 saturated heterocycles. The van der Waals surface area contributed by atoms with E-state index < -0.39 is 0 Å². The summed E-state index contributed by atoms with van der Waals surface area (Å²) in [4.78, 5) is 11.4. The first kappa shape index (κ1) is 11.5. The summed E-state index contributed by atoms with van der Waals surface area (Å²) in [5, 5.41) is 12.8. The third kappa shape index (κ3) is 2.99. The largest absolute Gasteiger partial charge is 0.507 e. The summed E-state index contributed by atoms with van der Waals surface area (Å²) in [6.07, 6.45) is 0. The van der Waals surface area contributed by atoms with Gasteiger partial charge in [-0.25, -0.2) is 0 Å². The molecule has 0 heterocycles. The maximum atomic E-state index is 11.4. The highest BCUT2D eigenvalue weighted by Crippen LogP contribution is 2.21. The van der Waals surface area contributed by atoms with Crippen LogP contribution in [0, 0.1) is 0 Å². The second-order valence-electron chi connectivity index (χ2n) is 2.61. The lowest BCUT2D eigenvalue weighted by molar-refractivity contribution is 0.0953. The molecular weight excluding hydrogens is 314 g/mol. The number of aromatic hydroxyl groups is 1. The minimum atomic E-state index is -0.269. The summed E-state index contributed by atoms with van der Waals surface area (Å²) < 4.78 is 0.743. The number of halogens is 2. The highest BCUT2D eigenvalue weighted by atomic mass is 79.9. The Morgan fingerprint density at radius 2 is 2.21 bits per heavy atom. The summed E-state index contributed by atoms with van der Waals surface area (Å²) >= 11 is 6.39. The zero-order valence-electron chi connectivity index (χ0n) is 7.26. The first-order chi connectivity index (χ1) is 6.65. The minimum absolute atomic E-state index is 0.0218. The van der Waals surface area contributed by atoms with Gasteiger partial charge < -0.3 is 10.4 Å². The molecule has 0 aliphatic rings. The highest BCUT2D eigenvalue weighted by Gasteiger charge is 2.09. The SMILES string of the molecule is O=C(NCCBr)c1ccc(Br)cc1O. The van der Waals surface area contributed by atoms with Crippen molar-refractivity contribution in [1.82, 2.24) is 5.32 Å². The Hall–Kier alpha value is -0.550. The zero-order chi connectivity index (χ0) is 10.6. The number of amides is 1. The molecule has 0 bridgehead atoms. The molecule has 0 fully saturated rings. The second kappa shape index (κ2) is 5.36. The van der Waals surface area contributed by atoms with Crippen LogP contribution in [0.25, 0.3) is 0 Å². The third-order valence-corrected chi connectivity index (χ3v) is 2.47. The summed E-state index contributed by atoms with van der Waals surface area (Å²) in [6.45, 7) is 0.536. The normalized spacial score (nSPS) is 9.86. The Labute approximate surface area is 98.8 Å². The number of carbonyl (C=O) groups excluding carboxylic acids is 1. The van der Waals surface area contributed by atoms with Gasteiger partial charge in [0.15, 0.2) is 0 Å². The number of rotatable bonds is 3. The molecule has 76 valence electrons. The third-order valence-electron chi connectivity index (χ3n) is 1.58. The molecule has 1 rings (SSSR count). The van der Waals surface area contributed by atoms with E-state index in [1.54, 1.807) is 12.1 Å². The van der Waals surface area contributed by atoms with Crippen molar-refractivity contribution in [3.8, 4) is 5.75 Å². The predicted octanol–water partition coefficient (Wildman–Crippen LogP) is 2.28. The van der Waals surface area contributed by atoms with Crippen molar-refractivity contribution in [2.45, 2.75) is 0 Å². The Morgan fingerprint density at radius 1 is 1.50 bits per heavy atom. The van der Waals surface area contributed by atoms with Crippen LogP contribution in [0.5, 0.6) is 5.75 Å². The number of nitrogens with one attached hydrogen (secondary N) is 1. The van der Waals surface area contributed by atoms with Gasteiger partial charge in [0.05, 0.1) is 5.56 Å². The summed E-state index contributed by atoms with van der Waals surface area (Å²) in [6, 6.07) is 4.77. The molecule has 0 spiro atoms. The lowest BCUT2D eigenvalue weighted by Gasteiger charge is -2.05. The fraction of sp³-hybridized carbons (Fsp3) is 0.222. The van der Waals surface area contributed by atoms with E-state index in [0.29, 0.717) is 11.9 Å². The number of benzene rings is 1. The lowest BCUT2D eigenvalue weighted by atomic mass is 10.2. The number of phenolic OH excluding ortho intramolecular Hbond substituents is 1. The van der Waals surface area contributed by atoms with Gasteiger partial charge in [-0.05, 0) is 18.2 Å². The van der Waals surface area contributed by atoms with Gasteiger partial charge in [-0.15, -0.1) is 0 Å². The van der Waals surface area contributed by atoms with E-state index >= 15 is 0 Å². The van der Waals surface area contributed by atoms with Crippen LogP contribution in [-0.4, -0.2) is 22.9 Å². The number of hydrogen-bond donors (Lipinski definition) is 2. The topological polar surface area (TPSA) is 49.3 Å². The fourth-order valence-corrected chi connectivity index (χ4v) is 1.50. The molecule has 0 aliphatic heterocycles. The monoisotopic (exact) mass is 321 g/mol. The van der Waals surface area contributed by atoms with E-state index in [1.165, 1.54) is 6.07 Å². The molecular formula is C9H9Br2NO2. The lowest BCUT2D eigenvalue weighted by Crippen LogP contribution is -2.25. The molecule has 14 heavy (non-hydrogen) atoms. The van der Waals surface area contributed by atoms with Gasteiger partial charge in [-0.3, -0.25) is 4.79 Å². The zero-order valence-corrected chi connectivity index (χ0v) is 10.4. The molecule has 2 N–H and O–H groups in total. The molecule has 3 nitrogen and oxygen atoms in total. The molecule has 0 aliphatic carbocycles. The molecule has 0 saturated carbocycles. The standard InChI is InChI=1S/C9H9Br2NO2/c10-3-4-12-9(14)7-2-1-6(11)5-8(7)13/h1-2,5,13H,3-4H2,(H,12,14). The smallest absolute Gasteiger partial charge is 0.255 e. The number of carbonyl (C=O) groups is 1. The van der Waals surface area contributed by atoms with Crippen molar-refractivity contribution in [2.24, 2.45) is 0 Å². The van der Waals surface area contributed by atoms with E-state index in [0.717, 1.165) is 4.47 Å². The maximum absolute atomic E-state index is 11.4. The van der Waals surface area contributed by atoms with E-state index in [1.807, 2.05) is 0 Å². The molecule has 0 unspecified atom stereocenters. The molecule has 0 radical (unpaired) electrons. The van der Waals surface area contributed by atoms with E-state index in [2.05, 4.69) is 37.2 Å². The van der Waals surface area contributed by atoms with Crippen LogP contribution in [0.1, 0.15) is 10.4 Å². The summed E-state index contributed by atoms with van der Waals surface area (Å²) in [5.74, 6) is -0.291. The van der Waals surface area contributed by atoms with Gasteiger partial charge in [0, 0.05) is 16.3 Å². The van der Waals surface area contributed by atoms with Crippen molar-refractivity contribution >= 4 is 37.8 Å². The molecule has 1 aromatic rings. The highest BCUT2D eigenvalue weighted by molar-refractivity contribution is 9.10. The second-order valence-corrected chi connectivity index (χ2v) is 4.32. The van der Waals surface area contributed by atoms with Crippen molar-refractivity contribution in [1.29, 1.82) is 0 Å². The number of hydrogen-bond acceptors (Lipinski definition) is 2. The van der Waals surface area contributed by atoms with E-state index in [9.17, 15) is 9.90 Å². The number of alkyl halides is 1. The van der Waals surface area contributed by atoms with Crippen LogP contribution in [0.3, 0.4) is 0 Å². The van der Waals surface area contributed by atoms with Gasteiger partial charge in [-0.1, -0.05) is 31.9 Å². The Kier molecular flexibility index (Phi) is 4.41. The first-order valence-corrected chi connectivity index (χ1v) is 5.89. The Morgan fingerprint density at radius 3 is 2.79 bits per heavy atom. The van der Waals surface area contributed by atoms with Gasteiger partial charge in [-0.2, -0.15) is 0 Å². The molecule has 0 aromatic heterocycles. The summed E-state index contributed by atoms with van der Waals surface area (Å²) in [5.41, 5.74) is 0.286. The van der Waals surface area contributed by atoms with E-state index in [-0.39, 0.29) is 17.2 Å². The average Bonchev–Trinajstić information content (AvgIpc) is 2.14. The van der Waals surface area contributed by atoms with E-state index in [4.69, 9.17) is 0 Å². The van der Waals surface area contributed by atoms with Gasteiger partial charge in [0.1, 0.15) is 5.75 Å². The van der Waals surface area contributed by atoms with Crippen molar-refractivity contribution < 1.29 is 9.90 Å². The summed E-state index contributed by atoms with van der Waals surface area (Å²) in [7, 11) is 0. The molecule has 5 heteroatoms. The Balaban J connectivity index is 2.80.